The molecule has 0 radical (unpaired) electrons. The molecule has 3 aromatic carbocycles. The normalized spacial score (nSPS) is 11.8. The Bertz CT molecular complexity index is 978. The summed E-state index contributed by atoms with van der Waals surface area (Å²) >= 11 is 3.55. The molecular weight excluding hydrogens is 388 g/mol. The number of nitrogens with one attached hydrogen (secondary N) is 1. The van der Waals surface area contributed by atoms with Crippen molar-refractivity contribution >= 4 is 44.4 Å². The molecule has 0 aromatic heterocycles. The standard InChI is InChI=1S/C22H19BrN2O/c1-16(11-12-17-7-3-2-4-8-17)24-25-22(26)15-18-13-14-21(23)20-10-6-5-9-19(18)20/h2-14H,15H2,1H3,(H,25,26). The number of allylic oxidation sites excluding steroid dienone is 1. The van der Waals surface area contributed by atoms with Crippen LogP contribution in [-0.2, 0) is 11.2 Å². The summed E-state index contributed by atoms with van der Waals surface area (Å²) in [6.45, 7) is 1.86. The number of hydrogen-bond acceptors (Lipinski definition) is 2. The number of carbonyl (C=O) groups excluding carboxylic acids is 1. The van der Waals surface area contributed by atoms with Gasteiger partial charge in [0.2, 0.25) is 5.91 Å². The van der Waals surface area contributed by atoms with Crippen molar-refractivity contribution in [1.29, 1.82) is 0 Å². The molecule has 0 heterocycles. The van der Waals surface area contributed by atoms with E-state index < -0.39 is 0 Å². The van der Waals surface area contributed by atoms with Gasteiger partial charge in [0.25, 0.3) is 0 Å². The van der Waals surface area contributed by atoms with Gasteiger partial charge in [0.1, 0.15) is 0 Å². The number of rotatable bonds is 5. The molecule has 0 aliphatic heterocycles. The lowest BCUT2D eigenvalue weighted by Crippen LogP contribution is -2.20. The van der Waals surface area contributed by atoms with E-state index in [1.54, 1.807) is 0 Å². The monoisotopic (exact) mass is 406 g/mol. The van der Waals surface area contributed by atoms with Gasteiger partial charge in [0.05, 0.1) is 12.1 Å². The van der Waals surface area contributed by atoms with E-state index in [1.807, 2.05) is 85.8 Å². The first-order chi connectivity index (χ1) is 12.6. The second-order valence-electron chi connectivity index (χ2n) is 5.96. The van der Waals surface area contributed by atoms with Gasteiger partial charge in [0, 0.05) is 4.47 Å². The maximum atomic E-state index is 12.3. The molecule has 0 saturated carbocycles. The predicted octanol–water partition coefficient (Wildman–Crippen LogP) is 5.35. The summed E-state index contributed by atoms with van der Waals surface area (Å²) < 4.78 is 1.03. The van der Waals surface area contributed by atoms with E-state index in [-0.39, 0.29) is 12.3 Å². The highest BCUT2D eigenvalue weighted by Crippen LogP contribution is 2.27. The van der Waals surface area contributed by atoms with Crippen LogP contribution in [0.25, 0.3) is 16.8 Å². The predicted molar refractivity (Wildman–Crippen MR) is 112 cm³/mol. The second kappa shape index (κ2) is 8.59. The van der Waals surface area contributed by atoms with Crippen LogP contribution in [0.5, 0.6) is 0 Å². The minimum Gasteiger partial charge on any atom is -0.273 e. The quantitative estimate of drug-likeness (QED) is 0.450. The Morgan fingerprint density at radius 1 is 1.00 bits per heavy atom. The van der Waals surface area contributed by atoms with Gasteiger partial charge in [-0.05, 0) is 41.0 Å². The molecular formula is C22H19BrN2O. The number of nitrogens with zero attached hydrogens (tertiary/aromatic N) is 1. The number of benzene rings is 3. The van der Waals surface area contributed by atoms with Gasteiger partial charge in [-0.3, -0.25) is 4.79 Å². The molecule has 0 atom stereocenters. The molecule has 3 rings (SSSR count). The van der Waals surface area contributed by atoms with Crippen molar-refractivity contribution < 1.29 is 4.79 Å². The molecule has 0 spiro atoms. The average Bonchev–Trinajstić information content (AvgIpc) is 2.68. The zero-order valence-electron chi connectivity index (χ0n) is 14.4. The van der Waals surface area contributed by atoms with Crippen LogP contribution in [-0.4, -0.2) is 11.6 Å². The molecule has 1 amide bonds. The van der Waals surface area contributed by atoms with E-state index in [2.05, 4.69) is 26.5 Å². The number of hydrogen-bond donors (Lipinski definition) is 1. The lowest BCUT2D eigenvalue weighted by atomic mass is 10.0. The van der Waals surface area contributed by atoms with Crippen LogP contribution < -0.4 is 5.43 Å². The summed E-state index contributed by atoms with van der Waals surface area (Å²) in [4.78, 5) is 12.3. The molecule has 0 bridgehead atoms. The fourth-order valence-corrected chi connectivity index (χ4v) is 3.14. The Labute approximate surface area is 161 Å². The molecule has 0 fully saturated rings. The van der Waals surface area contributed by atoms with Crippen LogP contribution in [0.3, 0.4) is 0 Å². The zero-order valence-corrected chi connectivity index (χ0v) is 16.0. The Balaban J connectivity index is 1.66. The number of carbonyl (C=O) groups is 1. The van der Waals surface area contributed by atoms with Crippen molar-refractivity contribution in [2.24, 2.45) is 5.10 Å². The molecule has 0 unspecified atom stereocenters. The number of hydrazone groups is 1. The van der Waals surface area contributed by atoms with Gasteiger partial charge in [-0.1, -0.05) is 82.7 Å². The molecule has 4 heteroatoms. The fourth-order valence-electron chi connectivity index (χ4n) is 2.66. The molecule has 26 heavy (non-hydrogen) atoms. The van der Waals surface area contributed by atoms with Crippen molar-refractivity contribution in [3.05, 3.63) is 88.4 Å². The molecule has 3 nitrogen and oxygen atoms in total. The Hall–Kier alpha value is -2.72. The smallest absolute Gasteiger partial charge is 0.244 e. The van der Waals surface area contributed by atoms with Crippen molar-refractivity contribution in [2.45, 2.75) is 13.3 Å². The maximum absolute atomic E-state index is 12.3. The summed E-state index contributed by atoms with van der Waals surface area (Å²) in [7, 11) is 0. The van der Waals surface area contributed by atoms with Crippen LogP contribution in [0, 0.1) is 0 Å². The van der Waals surface area contributed by atoms with E-state index in [1.165, 1.54) is 0 Å². The van der Waals surface area contributed by atoms with E-state index in [0.717, 1.165) is 32.1 Å². The largest absolute Gasteiger partial charge is 0.273 e. The molecule has 3 aromatic rings. The van der Waals surface area contributed by atoms with E-state index >= 15 is 0 Å². The molecule has 1 N–H and O–H groups in total. The third kappa shape index (κ3) is 4.67. The summed E-state index contributed by atoms with van der Waals surface area (Å²) in [5.74, 6) is -0.134. The van der Waals surface area contributed by atoms with Crippen LogP contribution in [0.2, 0.25) is 0 Å². The highest BCUT2D eigenvalue weighted by molar-refractivity contribution is 9.10. The summed E-state index contributed by atoms with van der Waals surface area (Å²) in [5.41, 5.74) is 5.44. The lowest BCUT2D eigenvalue weighted by Gasteiger charge is -2.07. The SMILES string of the molecule is CC(C=Cc1ccccc1)=NNC(=O)Cc1ccc(Br)c2ccccc12. The van der Waals surface area contributed by atoms with Crippen molar-refractivity contribution in [1.82, 2.24) is 5.43 Å². The topological polar surface area (TPSA) is 41.5 Å². The fraction of sp³-hybridized carbons (Fsp3) is 0.0909. The second-order valence-corrected chi connectivity index (χ2v) is 6.82. The Kier molecular flexibility index (Phi) is 5.97. The Morgan fingerprint density at radius 3 is 2.46 bits per heavy atom. The van der Waals surface area contributed by atoms with Crippen molar-refractivity contribution in [3.63, 3.8) is 0 Å². The van der Waals surface area contributed by atoms with Crippen LogP contribution in [0.15, 0.2) is 82.4 Å². The highest BCUT2D eigenvalue weighted by Gasteiger charge is 2.08. The van der Waals surface area contributed by atoms with E-state index in [4.69, 9.17) is 0 Å². The van der Waals surface area contributed by atoms with Crippen molar-refractivity contribution in [2.75, 3.05) is 0 Å². The minimum atomic E-state index is -0.134. The lowest BCUT2D eigenvalue weighted by molar-refractivity contribution is -0.120. The van der Waals surface area contributed by atoms with Crippen LogP contribution >= 0.6 is 15.9 Å². The molecule has 0 aliphatic rings. The average molecular weight is 407 g/mol. The van der Waals surface area contributed by atoms with Crippen LogP contribution in [0.1, 0.15) is 18.1 Å². The van der Waals surface area contributed by atoms with Gasteiger partial charge in [-0.2, -0.15) is 5.10 Å². The Morgan fingerprint density at radius 2 is 1.69 bits per heavy atom. The van der Waals surface area contributed by atoms with Crippen LogP contribution in [0.4, 0.5) is 0 Å². The summed E-state index contributed by atoms with van der Waals surface area (Å²) in [6, 6.07) is 22.0. The molecule has 0 aliphatic carbocycles. The minimum absolute atomic E-state index is 0.134. The first-order valence-electron chi connectivity index (χ1n) is 8.36. The first kappa shape index (κ1) is 18.1. The molecule has 130 valence electrons. The first-order valence-corrected chi connectivity index (χ1v) is 9.15. The summed E-state index contributed by atoms with van der Waals surface area (Å²) in [5, 5.41) is 6.33. The highest BCUT2D eigenvalue weighted by atomic mass is 79.9. The number of fused-ring (bicyclic) bond motifs is 1. The van der Waals surface area contributed by atoms with Gasteiger partial charge in [0.15, 0.2) is 0 Å². The maximum Gasteiger partial charge on any atom is 0.244 e. The van der Waals surface area contributed by atoms with E-state index in [0.29, 0.717) is 0 Å². The van der Waals surface area contributed by atoms with E-state index in [9.17, 15) is 4.79 Å². The van der Waals surface area contributed by atoms with Gasteiger partial charge >= 0.3 is 0 Å². The third-order valence-electron chi connectivity index (χ3n) is 3.99. The number of amides is 1. The van der Waals surface area contributed by atoms with Gasteiger partial charge in [-0.25, -0.2) is 5.43 Å². The third-order valence-corrected chi connectivity index (χ3v) is 4.68. The zero-order chi connectivity index (χ0) is 18.4. The number of halogens is 1. The summed E-state index contributed by atoms with van der Waals surface area (Å²) in [6.07, 6.45) is 4.13. The van der Waals surface area contributed by atoms with Gasteiger partial charge in [-0.15, -0.1) is 0 Å². The van der Waals surface area contributed by atoms with Crippen molar-refractivity contribution in [3.8, 4) is 0 Å². The van der Waals surface area contributed by atoms with Gasteiger partial charge < -0.3 is 0 Å². The molecule has 0 saturated heterocycles.